The zero-order valence-corrected chi connectivity index (χ0v) is 24.5. The number of carbonyl (C=O) groups is 3. The number of hydrogen-bond acceptors (Lipinski definition) is 5. The molecule has 0 bridgehead atoms. The van der Waals surface area contributed by atoms with Crippen molar-refractivity contribution in [2.75, 3.05) is 12.4 Å². The maximum absolute atomic E-state index is 14.2. The van der Waals surface area contributed by atoms with Crippen LogP contribution in [0.25, 0.3) is 0 Å². The van der Waals surface area contributed by atoms with E-state index in [-0.39, 0.29) is 23.8 Å². The summed E-state index contributed by atoms with van der Waals surface area (Å²) in [6.45, 7) is 13.3. The first-order valence-corrected chi connectivity index (χ1v) is 13.6. The van der Waals surface area contributed by atoms with Gasteiger partial charge in [0.15, 0.2) is 0 Å². The normalized spacial score (nSPS) is 14.8. The van der Waals surface area contributed by atoms with Gasteiger partial charge >= 0.3 is 6.09 Å². The minimum atomic E-state index is -0.874. The highest BCUT2D eigenvalue weighted by Gasteiger charge is 2.44. The predicted octanol–water partition coefficient (Wildman–Crippen LogP) is 5.92. The SMILES string of the molecule is COc1ccc(NC(=O)C(c2ccc(C)c(C)c2)N(C(=O)C(CC(C)C)NC(=O)OC(C)(C)C)C2CC2)cc1. The summed E-state index contributed by atoms with van der Waals surface area (Å²) in [4.78, 5) is 42.6. The van der Waals surface area contributed by atoms with Crippen molar-refractivity contribution in [2.45, 2.75) is 91.5 Å². The van der Waals surface area contributed by atoms with E-state index in [0.29, 0.717) is 17.9 Å². The summed E-state index contributed by atoms with van der Waals surface area (Å²) in [5, 5.41) is 5.79. The fraction of sp³-hybridized carbons (Fsp3) is 0.516. The second-order valence-electron chi connectivity index (χ2n) is 11.8. The summed E-state index contributed by atoms with van der Waals surface area (Å²) < 4.78 is 10.7. The Morgan fingerprint density at radius 2 is 1.64 bits per heavy atom. The molecule has 2 unspecified atom stereocenters. The van der Waals surface area contributed by atoms with Crippen LogP contribution in [-0.4, -0.2) is 47.6 Å². The van der Waals surface area contributed by atoms with Crippen molar-refractivity contribution in [1.82, 2.24) is 10.2 Å². The molecule has 2 N–H and O–H groups in total. The molecular weight excluding hydrogens is 494 g/mol. The lowest BCUT2D eigenvalue weighted by molar-refractivity contribution is -0.141. The average Bonchev–Trinajstić information content (AvgIpc) is 3.67. The van der Waals surface area contributed by atoms with Gasteiger partial charge in [0.2, 0.25) is 5.91 Å². The van der Waals surface area contributed by atoms with Gasteiger partial charge in [0.05, 0.1) is 7.11 Å². The summed E-state index contributed by atoms with van der Waals surface area (Å²) in [7, 11) is 1.58. The number of aryl methyl sites for hydroxylation is 2. The van der Waals surface area contributed by atoms with E-state index in [1.807, 2.05) is 45.9 Å². The van der Waals surface area contributed by atoms with Gasteiger partial charge in [-0.3, -0.25) is 9.59 Å². The molecule has 1 aliphatic rings. The van der Waals surface area contributed by atoms with Crippen molar-refractivity contribution in [3.63, 3.8) is 0 Å². The second kappa shape index (κ2) is 12.5. The first-order valence-electron chi connectivity index (χ1n) is 13.6. The lowest BCUT2D eigenvalue weighted by atomic mass is 9.96. The molecular formula is C31H43N3O5. The summed E-state index contributed by atoms with van der Waals surface area (Å²) >= 11 is 0. The van der Waals surface area contributed by atoms with Crippen molar-refractivity contribution in [3.8, 4) is 5.75 Å². The van der Waals surface area contributed by atoms with E-state index in [1.165, 1.54) is 0 Å². The van der Waals surface area contributed by atoms with E-state index in [4.69, 9.17) is 9.47 Å². The van der Waals surface area contributed by atoms with Crippen molar-refractivity contribution in [3.05, 3.63) is 59.2 Å². The number of amides is 3. The third kappa shape index (κ3) is 8.47. The van der Waals surface area contributed by atoms with Crippen molar-refractivity contribution in [1.29, 1.82) is 0 Å². The Kier molecular flexibility index (Phi) is 9.64. The van der Waals surface area contributed by atoms with Crippen LogP contribution in [0.2, 0.25) is 0 Å². The molecule has 0 spiro atoms. The zero-order valence-electron chi connectivity index (χ0n) is 24.5. The number of alkyl carbamates (subject to hydrolysis) is 1. The minimum Gasteiger partial charge on any atom is -0.497 e. The number of benzene rings is 2. The number of anilines is 1. The van der Waals surface area contributed by atoms with Gasteiger partial charge < -0.3 is 25.0 Å². The first-order chi connectivity index (χ1) is 18.3. The summed E-state index contributed by atoms with van der Waals surface area (Å²) in [5.41, 5.74) is 2.75. The Bertz CT molecular complexity index is 1170. The van der Waals surface area contributed by atoms with Crippen LogP contribution in [0.4, 0.5) is 10.5 Å². The molecule has 0 heterocycles. The van der Waals surface area contributed by atoms with Crippen molar-refractivity contribution >= 4 is 23.6 Å². The van der Waals surface area contributed by atoms with Crippen LogP contribution in [0.3, 0.4) is 0 Å². The zero-order chi connectivity index (χ0) is 28.9. The molecule has 8 heteroatoms. The van der Waals surface area contributed by atoms with Crippen LogP contribution in [0.15, 0.2) is 42.5 Å². The van der Waals surface area contributed by atoms with Gasteiger partial charge in [0.25, 0.3) is 5.91 Å². The van der Waals surface area contributed by atoms with Gasteiger partial charge in [-0.05, 0) is 101 Å². The Morgan fingerprint density at radius 3 is 2.15 bits per heavy atom. The second-order valence-corrected chi connectivity index (χ2v) is 11.8. The van der Waals surface area contributed by atoms with Gasteiger partial charge in [-0.2, -0.15) is 0 Å². The number of carbonyl (C=O) groups excluding carboxylic acids is 3. The molecule has 0 aliphatic heterocycles. The standard InChI is InChI=1S/C31H43N3O5/c1-19(2)17-26(33-30(37)39-31(5,6)7)29(36)34(24-13-14-24)27(22-10-9-20(3)21(4)18-22)28(35)32-23-11-15-25(38-8)16-12-23/h9-12,15-16,18-19,24,26-27H,13-14,17H2,1-8H3,(H,32,35)(H,33,37). The van der Waals surface area contributed by atoms with Gasteiger partial charge in [0, 0.05) is 11.7 Å². The smallest absolute Gasteiger partial charge is 0.408 e. The topological polar surface area (TPSA) is 97.0 Å². The first kappa shape index (κ1) is 30.0. The summed E-state index contributed by atoms with van der Waals surface area (Å²) in [5.74, 6) is 0.204. The van der Waals surface area contributed by atoms with Crippen molar-refractivity contribution < 1.29 is 23.9 Å². The number of nitrogens with one attached hydrogen (secondary N) is 2. The third-order valence-electron chi connectivity index (χ3n) is 6.62. The van der Waals surface area contributed by atoms with E-state index in [2.05, 4.69) is 10.6 Å². The van der Waals surface area contributed by atoms with Gasteiger partial charge in [-0.25, -0.2) is 4.79 Å². The third-order valence-corrected chi connectivity index (χ3v) is 6.62. The van der Waals surface area contributed by atoms with Crippen LogP contribution in [0, 0.1) is 19.8 Å². The Labute approximate surface area is 232 Å². The maximum atomic E-state index is 14.2. The van der Waals surface area contributed by atoms with Gasteiger partial charge in [-0.1, -0.05) is 32.0 Å². The largest absolute Gasteiger partial charge is 0.497 e. The molecule has 1 aliphatic carbocycles. The van der Waals surface area contributed by atoms with Gasteiger partial charge in [-0.15, -0.1) is 0 Å². The molecule has 212 valence electrons. The molecule has 39 heavy (non-hydrogen) atoms. The number of ether oxygens (including phenoxy) is 2. The van der Waals surface area contributed by atoms with Crippen molar-refractivity contribution in [2.24, 2.45) is 5.92 Å². The Hall–Kier alpha value is -3.55. The monoisotopic (exact) mass is 537 g/mol. The van der Waals surface area contributed by atoms with E-state index in [0.717, 1.165) is 29.5 Å². The van der Waals surface area contributed by atoms with E-state index < -0.39 is 23.8 Å². The van der Waals surface area contributed by atoms with Gasteiger partial charge in [0.1, 0.15) is 23.4 Å². The lowest BCUT2D eigenvalue weighted by Gasteiger charge is -2.35. The van der Waals surface area contributed by atoms with Crippen LogP contribution < -0.4 is 15.4 Å². The highest BCUT2D eigenvalue weighted by Crippen LogP contribution is 2.37. The molecule has 2 atom stereocenters. The molecule has 1 fully saturated rings. The minimum absolute atomic E-state index is 0.0965. The molecule has 2 aromatic carbocycles. The van der Waals surface area contributed by atoms with E-state index in [9.17, 15) is 14.4 Å². The van der Waals surface area contributed by atoms with E-state index in [1.54, 1.807) is 57.0 Å². The summed E-state index contributed by atoms with van der Waals surface area (Å²) in [6.07, 6.45) is 1.36. The molecule has 2 aromatic rings. The highest BCUT2D eigenvalue weighted by molar-refractivity contribution is 5.99. The molecule has 0 aromatic heterocycles. The number of methoxy groups -OCH3 is 1. The predicted molar refractivity (Wildman–Crippen MR) is 153 cm³/mol. The van der Waals surface area contributed by atoms with Crippen LogP contribution in [-0.2, 0) is 14.3 Å². The molecule has 3 rings (SSSR count). The number of hydrogen-bond donors (Lipinski definition) is 2. The average molecular weight is 538 g/mol. The summed E-state index contributed by atoms with van der Waals surface area (Å²) in [6, 6.07) is 11.1. The van der Waals surface area contributed by atoms with Crippen LogP contribution in [0.1, 0.15) is 76.6 Å². The fourth-order valence-corrected chi connectivity index (χ4v) is 4.45. The number of nitrogens with zero attached hydrogens (tertiary/aromatic N) is 1. The quantitative estimate of drug-likeness (QED) is 0.392. The molecule has 0 radical (unpaired) electrons. The molecule has 8 nitrogen and oxygen atoms in total. The highest BCUT2D eigenvalue weighted by atomic mass is 16.6. The van der Waals surface area contributed by atoms with Crippen LogP contribution in [0.5, 0.6) is 5.75 Å². The fourth-order valence-electron chi connectivity index (χ4n) is 4.45. The Balaban J connectivity index is 2.00. The Morgan fingerprint density at radius 1 is 1.00 bits per heavy atom. The molecule has 3 amide bonds. The lowest BCUT2D eigenvalue weighted by Crippen LogP contribution is -2.53. The maximum Gasteiger partial charge on any atom is 0.408 e. The van der Waals surface area contributed by atoms with E-state index >= 15 is 0 Å². The molecule has 0 saturated heterocycles. The number of rotatable bonds is 10. The van der Waals surface area contributed by atoms with Crippen LogP contribution >= 0.6 is 0 Å². The molecule has 1 saturated carbocycles.